The molecule has 6 nitrogen and oxygen atoms in total. The SMILES string of the molecule is O=C1c2nc3cc(Cl)c(Cl)cc3nc2C(=O)c2nc3cc(Cl)c(Cl)cc3nc21. The minimum absolute atomic E-state index is 0.114. The maximum absolute atomic E-state index is 13.0. The van der Waals surface area contributed by atoms with Crippen molar-refractivity contribution in [2.75, 3.05) is 0 Å². The highest BCUT2D eigenvalue weighted by molar-refractivity contribution is 6.43. The molecule has 4 aromatic rings. The van der Waals surface area contributed by atoms with E-state index in [-0.39, 0.29) is 42.9 Å². The quantitative estimate of drug-likeness (QED) is 0.332. The van der Waals surface area contributed by atoms with Gasteiger partial charge < -0.3 is 0 Å². The Kier molecular flexibility index (Phi) is 3.83. The normalized spacial score (nSPS) is 13.1. The van der Waals surface area contributed by atoms with E-state index in [1.54, 1.807) is 0 Å². The van der Waals surface area contributed by atoms with Crippen LogP contribution in [-0.4, -0.2) is 31.5 Å². The average Bonchev–Trinajstić information content (AvgIpc) is 2.66. The van der Waals surface area contributed by atoms with E-state index in [1.165, 1.54) is 24.3 Å². The first kappa shape index (κ1) is 17.7. The van der Waals surface area contributed by atoms with E-state index in [4.69, 9.17) is 46.4 Å². The summed E-state index contributed by atoms with van der Waals surface area (Å²) in [6.45, 7) is 0. The maximum Gasteiger partial charge on any atom is 0.234 e. The summed E-state index contributed by atoms with van der Waals surface area (Å²) in [7, 11) is 0. The molecule has 0 saturated heterocycles. The number of carbonyl (C=O) groups is 2. The fraction of sp³-hybridized carbons (Fsp3) is 0. The van der Waals surface area contributed by atoms with Crippen molar-refractivity contribution in [3.8, 4) is 0 Å². The van der Waals surface area contributed by atoms with Gasteiger partial charge in [0.2, 0.25) is 11.6 Å². The van der Waals surface area contributed by atoms with Crippen molar-refractivity contribution in [2.24, 2.45) is 0 Å². The van der Waals surface area contributed by atoms with Crippen molar-refractivity contribution in [1.29, 1.82) is 0 Å². The lowest BCUT2D eigenvalue weighted by Gasteiger charge is -2.16. The van der Waals surface area contributed by atoms with Gasteiger partial charge in [-0.25, -0.2) is 19.9 Å². The lowest BCUT2D eigenvalue weighted by atomic mass is 9.97. The molecule has 0 bridgehead atoms. The molecular formula is C18H4Cl4N4O2. The fourth-order valence-corrected chi connectivity index (χ4v) is 3.59. The predicted octanol–water partition coefficient (Wildman–Crippen LogP) is 4.96. The molecule has 2 heterocycles. The molecule has 0 radical (unpaired) electrons. The van der Waals surface area contributed by atoms with E-state index in [0.29, 0.717) is 22.1 Å². The van der Waals surface area contributed by atoms with Crippen molar-refractivity contribution in [3.63, 3.8) is 0 Å². The van der Waals surface area contributed by atoms with Crippen LogP contribution in [-0.2, 0) is 0 Å². The summed E-state index contributed by atoms with van der Waals surface area (Å²) in [5, 5.41) is 1.04. The molecule has 0 amide bonds. The average molecular weight is 450 g/mol. The molecule has 1 aliphatic rings. The van der Waals surface area contributed by atoms with Crippen molar-refractivity contribution < 1.29 is 9.59 Å². The standard InChI is InChI=1S/C18H4Cl4N4O2/c19-5-1-9-10(2-6(5)20)24-14-13(23-9)17(27)15-16(18(14)28)26-12-4-8(22)7(21)3-11(12)25-15/h1-4H. The lowest BCUT2D eigenvalue weighted by Crippen LogP contribution is -2.26. The summed E-state index contributed by atoms with van der Waals surface area (Å²) in [6.07, 6.45) is 0. The van der Waals surface area contributed by atoms with Gasteiger partial charge in [0.15, 0.2) is 0 Å². The Morgan fingerprint density at radius 1 is 0.464 bits per heavy atom. The van der Waals surface area contributed by atoms with Gasteiger partial charge in [0.25, 0.3) is 0 Å². The molecule has 2 aromatic carbocycles. The highest BCUT2D eigenvalue weighted by Crippen LogP contribution is 2.31. The number of carbonyl (C=O) groups excluding carboxylic acids is 2. The first-order valence-electron chi connectivity index (χ1n) is 7.76. The summed E-state index contributed by atoms with van der Waals surface area (Å²) in [5.41, 5.74) is 0.883. The lowest BCUT2D eigenvalue weighted by molar-refractivity contribution is 0.0965. The fourth-order valence-electron chi connectivity index (χ4n) is 2.96. The molecule has 28 heavy (non-hydrogen) atoms. The van der Waals surface area contributed by atoms with E-state index < -0.39 is 11.6 Å². The van der Waals surface area contributed by atoms with Crippen molar-refractivity contribution in [3.05, 3.63) is 67.1 Å². The highest BCUT2D eigenvalue weighted by Gasteiger charge is 2.36. The third kappa shape index (κ3) is 2.49. The van der Waals surface area contributed by atoms with Gasteiger partial charge in [-0.3, -0.25) is 9.59 Å². The number of ketones is 2. The second-order valence-electron chi connectivity index (χ2n) is 6.01. The van der Waals surface area contributed by atoms with E-state index in [0.717, 1.165) is 0 Å². The Bertz CT molecular complexity index is 1200. The van der Waals surface area contributed by atoms with E-state index in [1.807, 2.05) is 0 Å². The Morgan fingerprint density at radius 2 is 0.679 bits per heavy atom. The highest BCUT2D eigenvalue weighted by atomic mass is 35.5. The molecule has 5 rings (SSSR count). The van der Waals surface area contributed by atoms with Crippen molar-refractivity contribution >= 4 is 80.0 Å². The molecule has 0 saturated carbocycles. The molecule has 10 heteroatoms. The van der Waals surface area contributed by atoms with Gasteiger partial charge in [-0.15, -0.1) is 0 Å². The third-order valence-corrected chi connectivity index (χ3v) is 5.72. The van der Waals surface area contributed by atoms with Crippen LogP contribution in [0.4, 0.5) is 0 Å². The zero-order chi connectivity index (χ0) is 19.7. The Hall–Kier alpha value is -2.38. The summed E-state index contributed by atoms with van der Waals surface area (Å²) in [6, 6.07) is 5.92. The molecular weight excluding hydrogens is 446 g/mol. The van der Waals surface area contributed by atoms with Crippen LogP contribution in [0.3, 0.4) is 0 Å². The van der Waals surface area contributed by atoms with E-state index in [9.17, 15) is 9.59 Å². The smallest absolute Gasteiger partial charge is 0.234 e. The van der Waals surface area contributed by atoms with Crippen molar-refractivity contribution in [1.82, 2.24) is 19.9 Å². The van der Waals surface area contributed by atoms with Gasteiger partial charge in [0.05, 0.1) is 42.2 Å². The Balaban J connectivity index is 1.80. The molecule has 0 N–H and O–H groups in total. The predicted molar refractivity (Wildman–Crippen MR) is 106 cm³/mol. The maximum atomic E-state index is 13.0. The number of nitrogens with zero attached hydrogens (tertiary/aromatic N) is 4. The van der Waals surface area contributed by atoms with Crippen LogP contribution in [0.25, 0.3) is 22.1 Å². The van der Waals surface area contributed by atoms with E-state index in [2.05, 4.69) is 19.9 Å². The number of fused-ring (bicyclic) bond motifs is 4. The number of hydrogen-bond acceptors (Lipinski definition) is 6. The summed E-state index contributed by atoms with van der Waals surface area (Å²) in [5.74, 6) is -1.13. The summed E-state index contributed by atoms with van der Waals surface area (Å²) < 4.78 is 0. The topological polar surface area (TPSA) is 85.7 Å². The van der Waals surface area contributed by atoms with E-state index >= 15 is 0 Å². The minimum atomic E-state index is -0.564. The van der Waals surface area contributed by atoms with Crippen LogP contribution in [0.1, 0.15) is 32.4 Å². The number of benzene rings is 2. The van der Waals surface area contributed by atoms with Gasteiger partial charge in [-0.1, -0.05) is 46.4 Å². The zero-order valence-electron chi connectivity index (χ0n) is 13.4. The van der Waals surface area contributed by atoms with Crippen LogP contribution in [0.5, 0.6) is 0 Å². The third-order valence-electron chi connectivity index (χ3n) is 4.27. The molecule has 0 spiro atoms. The first-order chi connectivity index (χ1) is 13.3. The van der Waals surface area contributed by atoms with Gasteiger partial charge in [0.1, 0.15) is 22.8 Å². The van der Waals surface area contributed by atoms with Gasteiger partial charge in [0, 0.05) is 0 Å². The molecule has 1 aliphatic carbocycles. The molecule has 2 aromatic heterocycles. The van der Waals surface area contributed by atoms with Crippen LogP contribution >= 0.6 is 46.4 Å². The van der Waals surface area contributed by atoms with Gasteiger partial charge in [-0.2, -0.15) is 0 Å². The van der Waals surface area contributed by atoms with Crippen LogP contribution < -0.4 is 0 Å². The minimum Gasteiger partial charge on any atom is -0.285 e. The number of halogens is 4. The molecule has 0 unspecified atom stereocenters. The van der Waals surface area contributed by atoms with Crippen LogP contribution in [0.15, 0.2) is 24.3 Å². The van der Waals surface area contributed by atoms with Gasteiger partial charge >= 0.3 is 0 Å². The Labute approximate surface area is 176 Å². The summed E-state index contributed by atoms with van der Waals surface area (Å²) in [4.78, 5) is 43.0. The molecule has 136 valence electrons. The second kappa shape index (κ2) is 6.06. The van der Waals surface area contributed by atoms with Gasteiger partial charge in [-0.05, 0) is 24.3 Å². The Morgan fingerprint density at radius 3 is 0.893 bits per heavy atom. The molecule has 0 atom stereocenters. The second-order valence-corrected chi connectivity index (χ2v) is 7.64. The number of rotatable bonds is 0. The summed E-state index contributed by atoms with van der Waals surface area (Å²) >= 11 is 24.1. The molecule has 0 fully saturated rings. The zero-order valence-corrected chi connectivity index (χ0v) is 16.5. The first-order valence-corrected chi connectivity index (χ1v) is 9.27. The molecule has 0 aliphatic heterocycles. The monoisotopic (exact) mass is 448 g/mol. The largest absolute Gasteiger partial charge is 0.285 e. The van der Waals surface area contributed by atoms with Crippen molar-refractivity contribution in [2.45, 2.75) is 0 Å². The number of aromatic nitrogens is 4. The van der Waals surface area contributed by atoms with Crippen LogP contribution in [0, 0.1) is 0 Å². The number of hydrogen-bond donors (Lipinski definition) is 0. The van der Waals surface area contributed by atoms with Crippen LogP contribution in [0.2, 0.25) is 20.1 Å².